The molecule has 0 saturated heterocycles. The van der Waals surface area contributed by atoms with Crippen molar-refractivity contribution >= 4 is 11.8 Å². The minimum Gasteiger partial charge on any atom is -0.486 e. The first-order chi connectivity index (χ1) is 16.2. The topological polar surface area (TPSA) is 123 Å². The molecule has 1 aromatic heterocycles. The van der Waals surface area contributed by atoms with E-state index in [4.69, 9.17) is 15.2 Å². The molecule has 4 N–H and O–H groups in total. The molecule has 0 bridgehead atoms. The fourth-order valence-corrected chi connectivity index (χ4v) is 3.60. The van der Waals surface area contributed by atoms with Gasteiger partial charge in [-0.1, -0.05) is 30.3 Å². The summed E-state index contributed by atoms with van der Waals surface area (Å²) in [6.07, 6.45) is 1.27. The fraction of sp³-hybridized carbons (Fsp3) is 0.292. The number of benzene rings is 2. The average Bonchev–Trinajstić information content (AvgIpc) is 3.19. The van der Waals surface area contributed by atoms with Crippen LogP contribution in [0.3, 0.4) is 0 Å². The molecule has 3 aromatic rings. The van der Waals surface area contributed by atoms with Crippen molar-refractivity contribution in [3.63, 3.8) is 0 Å². The number of nitriles is 1. The maximum absolute atomic E-state index is 9.55. The zero-order valence-corrected chi connectivity index (χ0v) is 18.5. The Hall–Kier alpha value is -4.19. The number of para-hydroxylation sites is 3. The summed E-state index contributed by atoms with van der Waals surface area (Å²) in [5.74, 6) is 2.55. The first kappa shape index (κ1) is 22.0. The highest BCUT2D eigenvalue weighted by atomic mass is 16.6. The summed E-state index contributed by atoms with van der Waals surface area (Å²) in [4.78, 5) is 4.26. The Bertz CT molecular complexity index is 1150. The molecule has 0 amide bonds. The number of aliphatic imine (C=N–C) groups is 1. The van der Waals surface area contributed by atoms with Gasteiger partial charge >= 0.3 is 0 Å². The molecule has 33 heavy (non-hydrogen) atoms. The minimum absolute atomic E-state index is 0.110. The van der Waals surface area contributed by atoms with Crippen LogP contribution in [0.4, 0.5) is 5.82 Å². The maximum atomic E-state index is 9.55. The van der Waals surface area contributed by atoms with Crippen LogP contribution in [0.25, 0.3) is 5.69 Å². The third kappa shape index (κ3) is 5.18. The number of aromatic nitrogens is 2. The quantitative estimate of drug-likeness (QED) is 0.290. The van der Waals surface area contributed by atoms with Crippen molar-refractivity contribution in [2.45, 2.75) is 18.9 Å². The standard InChI is InChI=1S/C24H27N7O2/c1-27-24(29-15-18-16-32-21-11-5-6-12-22(21)33-18)28-13-7-10-20-19(14-25)23(26)31(30-20)17-8-3-2-4-9-17/h2-6,8-9,11-12,18H,7,10,13,15-16,26H2,1H3,(H2,27,28,29). The zero-order valence-electron chi connectivity index (χ0n) is 18.5. The molecule has 0 saturated carbocycles. The molecular weight excluding hydrogens is 418 g/mol. The molecule has 1 aliphatic rings. The van der Waals surface area contributed by atoms with Gasteiger partial charge in [0.05, 0.1) is 17.9 Å². The molecule has 0 fully saturated rings. The van der Waals surface area contributed by atoms with Gasteiger partial charge in [0, 0.05) is 13.6 Å². The Morgan fingerprint density at radius 2 is 1.94 bits per heavy atom. The van der Waals surface area contributed by atoms with Crippen LogP contribution in [-0.4, -0.2) is 48.6 Å². The van der Waals surface area contributed by atoms with E-state index in [0.717, 1.165) is 23.6 Å². The molecule has 9 heteroatoms. The third-order valence-corrected chi connectivity index (χ3v) is 5.28. The van der Waals surface area contributed by atoms with Gasteiger partial charge in [-0.15, -0.1) is 0 Å². The second-order valence-electron chi connectivity index (χ2n) is 7.55. The molecule has 0 spiro atoms. The number of anilines is 1. The van der Waals surface area contributed by atoms with Crippen LogP contribution >= 0.6 is 0 Å². The van der Waals surface area contributed by atoms with Gasteiger partial charge in [-0.05, 0) is 37.1 Å². The summed E-state index contributed by atoms with van der Waals surface area (Å²) < 4.78 is 13.3. The van der Waals surface area contributed by atoms with E-state index in [1.54, 1.807) is 11.7 Å². The van der Waals surface area contributed by atoms with E-state index in [1.807, 2.05) is 54.6 Å². The van der Waals surface area contributed by atoms with Crippen LogP contribution in [0.15, 0.2) is 59.6 Å². The molecule has 2 aromatic carbocycles. The lowest BCUT2D eigenvalue weighted by Crippen LogP contribution is -2.45. The second-order valence-corrected chi connectivity index (χ2v) is 7.55. The van der Waals surface area contributed by atoms with Gasteiger partial charge in [0.15, 0.2) is 17.5 Å². The van der Waals surface area contributed by atoms with Crippen LogP contribution < -0.4 is 25.8 Å². The van der Waals surface area contributed by atoms with Gasteiger partial charge in [0.25, 0.3) is 0 Å². The summed E-state index contributed by atoms with van der Waals surface area (Å²) in [7, 11) is 1.72. The SMILES string of the molecule is CN=C(NCCCc1nn(-c2ccccc2)c(N)c1C#N)NCC1COc2ccccc2O1. The Labute approximate surface area is 192 Å². The summed E-state index contributed by atoms with van der Waals surface area (Å²) in [6, 6.07) is 19.4. The summed E-state index contributed by atoms with van der Waals surface area (Å²) >= 11 is 0. The molecule has 1 unspecified atom stereocenters. The van der Waals surface area contributed by atoms with E-state index in [0.29, 0.717) is 49.2 Å². The molecule has 1 aliphatic heterocycles. The van der Waals surface area contributed by atoms with Crippen LogP contribution in [0, 0.1) is 11.3 Å². The number of aryl methyl sites for hydroxylation is 1. The molecule has 2 heterocycles. The number of nitrogen functional groups attached to an aromatic ring is 1. The Kier molecular flexibility index (Phi) is 6.95. The largest absolute Gasteiger partial charge is 0.486 e. The smallest absolute Gasteiger partial charge is 0.191 e. The van der Waals surface area contributed by atoms with E-state index in [9.17, 15) is 5.26 Å². The second kappa shape index (κ2) is 10.4. The van der Waals surface area contributed by atoms with Crippen LogP contribution in [-0.2, 0) is 6.42 Å². The molecule has 170 valence electrons. The minimum atomic E-state index is -0.110. The van der Waals surface area contributed by atoms with Crippen molar-refractivity contribution in [2.75, 3.05) is 32.5 Å². The number of rotatable bonds is 7. The predicted molar refractivity (Wildman–Crippen MR) is 127 cm³/mol. The van der Waals surface area contributed by atoms with Crippen molar-refractivity contribution in [1.82, 2.24) is 20.4 Å². The zero-order chi connectivity index (χ0) is 23.0. The van der Waals surface area contributed by atoms with E-state index < -0.39 is 0 Å². The number of guanidine groups is 1. The van der Waals surface area contributed by atoms with Crippen molar-refractivity contribution in [3.05, 3.63) is 65.9 Å². The number of nitrogens with two attached hydrogens (primary N) is 1. The lowest BCUT2D eigenvalue weighted by molar-refractivity contribution is 0.0936. The first-order valence-corrected chi connectivity index (χ1v) is 10.9. The highest BCUT2D eigenvalue weighted by Gasteiger charge is 2.21. The lowest BCUT2D eigenvalue weighted by Gasteiger charge is -2.27. The highest BCUT2D eigenvalue weighted by Crippen LogP contribution is 2.30. The summed E-state index contributed by atoms with van der Waals surface area (Å²) in [5.41, 5.74) is 8.12. The molecular formula is C24H27N7O2. The fourth-order valence-electron chi connectivity index (χ4n) is 3.60. The van der Waals surface area contributed by atoms with Gasteiger partial charge in [0.2, 0.25) is 0 Å². The van der Waals surface area contributed by atoms with Gasteiger partial charge in [-0.25, -0.2) is 4.68 Å². The van der Waals surface area contributed by atoms with Gasteiger partial charge in [-0.3, -0.25) is 4.99 Å². The number of nitrogens with zero attached hydrogens (tertiary/aromatic N) is 4. The molecule has 0 aliphatic carbocycles. The summed E-state index contributed by atoms with van der Waals surface area (Å²) in [5, 5.41) is 20.7. The number of hydrogen-bond acceptors (Lipinski definition) is 6. The summed E-state index contributed by atoms with van der Waals surface area (Å²) in [6.45, 7) is 1.70. The molecule has 4 rings (SSSR count). The number of nitrogens with one attached hydrogen (secondary N) is 2. The normalized spacial score (nSPS) is 15.0. The van der Waals surface area contributed by atoms with Crippen molar-refractivity contribution in [3.8, 4) is 23.3 Å². The van der Waals surface area contributed by atoms with Crippen molar-refractivity contribution in [2.24, 2.45) is 4.99 Å². The molecule has 1 atom stereocenters. The van der Waals surface area contributed by atoms with Crippen LogP contribution in [0.5, 0.6) is 11.5 Å². The molecule has 0 radical (unpaired) electrons. The van der Waals surface area contributed by atoms with E-state index in [-0.39, 0.29) is 6.10 Å². The van der Waals surface area contributed by atoms with Crippen molar-refractivity contribution in [1.29, 1.82) is 5.26 Å². The number of fused-ring (bicyclic) bond motifs is 1. The monoisotopic (exact) mass is 445 g/mol. The van der Waals surface area contributed by atoms with Crippen molar-refractivity contribution < 1.29 is 9.47 Å². The first-order valence-electron chi connectivity index (χ1n) is 10.9. The lowest BCUT2D eigenvalue weighted by atomic mass is 10.1. The maximum Gasteiger partial charge on any atom is 0.191 e. The highest BCUT2D eigenvalue weighted by molar-refractivity contribution is 5.79. The van der Waals surface area contributed by atoms with Gasteiger partial charge in [-0.2, -0.15) is 10.4 Å². The van der Waals surface area contributed by atoms with E-state index in [1.165, 1.54) is 0 Å². The Morgan fingerprint density at radius 3 is 2.70 bits per heavy atom. The van der Waals surface area contributed by atoms with Gasteiger partial charge in [0.1, 0.15) is 30.2 Å². The molecule has 9 nitrogen and oxygen atoms in total. The van der Waals surface area contributed by atoms with Crippen LogP contribution in [0.2, 0.25) is 0 Å². The van der Waals surface area contributed by atoms with Crippen LogP contribution in [0.1, 0.15) is 17.7 Å². The Balaban J connectivity index is 1.26. The predicted octanol–water partition coefficient (Wildman–Crippen LogP) is 2.26. The average molecular weight is 446 g/mol. The van der Waals surface area contributed by atoms with E-state index in [2.05, 4.69) is 26.8 Å². The van der Waals surface area contributed by atoms with Gasteiger partial charge < -0.3 is 25.8 Å². The third-order valence-electron chi connectivity index (χ3n) is 5.28. The number of hydrogen-bond donors (Lipinski definition) is 3. The van der Waals surface area contributed by atoms with E-state index >= 15 is 0 Å². The Morgan fingerprint density at radius 1 is 1.18 bits per heavy atom. The number of ether oxygens (including phenoxy) is 2.